The molecule has 0 unspecified atom stereocenters. The van der Waals surface area contributed by atoms with Gasteiger partial charge in [0.15, 0.2) is 0 Å². The number of aldehydes is 1. The van der Waals surface area contributed by atoms with Crippen molar-refractivity contribution < 1.29 is 9.18 Å². The molecule has 0 fully saturated rings. The minimum absolute atomic E-state index is 0.186. The Morgan fingerprint density at radius 1 is 1.09 bits per heavy atom. The van der Waals surface area contributed by atoms with Crippen LogP contribution in [0, 0.1) is 11.8 Å². The van der Waals surface area contributed by atoms with Crippen LogP contribution in [-0.2, 0) is 4.79 Å². The van der Waals surface area contributed by atoms with Crippen LogP contribution in [0.3, 0.4) is 0 Å². The van der Waals surface area contributed by atoms with E-state index in [4.69, 9.17) is 0 Å². The van der Waals surface area contributed by atoms with Gasteiger partial charge >= 0.3 is 0 Å². The Morgan fingerprint density at radius 2 is 1.86 bits per heavy atom. The highest BCUT2D eigenvalue weighted by atomic mass is 19.1. The van der Waals surface area contributed by atoms with Crippen LogP contribution in [-0.4, -0.2) is 6.29 Å². The number of halogens is 1. The van der Waals surface area contributed by atoms with Gasteiger partial charge in [0.05, 0.1) is 5.83 Å². The van der Waals surface area contributed by atoms with E-state index >= 15 is 0 Å². The summed E-state index contributed by atoms with van der Waals surface area (Å²) < 4.78 is 13.2. The number of rotatable bonds is 8. The van der Waals surface area contributed by atoms with Crippen LogP contribution in [0.2, 0.25) is 0 Å². The van der Waals surface area contributed by atoms with E-state index in [1.54, 1.807) is 6.08 Å². The number of hydrogen-bond acceptors (Lipinski definition) is 1. The van der Waals surface area contributed by atoms with Gasteiger partial charge in [-0.05, 0) is 38.3 Å². The van der Waals surface area contributed by atoms with Crippen LogP contribution in [0.15, 0.2) is 53.9 Å². The summed E-state index contributed by atoms with van der Waals surface area (Å²) in [5, 5.41) is 0. The zero-order chi connectivity index (χ0) is 16.0. The van der Waals surface area contributed by atoms with Gasteiger partial charge in [-0.25, -0.2) is 4.39 Å². The Hall–Kier alpha value is -2.14. The molecule has 0 radical (unpaired) electrons. The molecule has 0 aromatic heterocycles. The number of carbonyl (C=O) groups excluding carboxylic acids is 1. The number of hydrogen-bond donors (Lipinski definition) is 0. The molecule has 0 N–H and O–H groups in total. The molecule has 1 nitrogen and oxygen atoms in total. The van der Waals surface area contributed by atoms with Gasteiger partial charge in [0, 0.05) is 24.8 Å². The maximum absolute atomic E-state index is 13.2. The molecule has 116 valence electrons. The van der Waals surface area contributed by atoms with Gasteiger partial charge in [-0.3, -0.25) is 0 Å². The van der Waals surface area contributed by atoms with E-state index in [1.807, 2.05) is 30.3 Å². The second kappa shape index (κ2) is 11.5. The lowest BCUT2D eigenvalue weighted by molar-refractivity contribution is -0.107. The minimum atomic E-state index is -0.186. The molecule has 1 aromatic rings. The Morgan fingerprint density at radius 3 is 2.59 bits per heavy atom. The fourth-order valence-electron chi connectivity index (χ4n) is 1.93. The normalized spacial score (nSPS) is 11.7. The van der Waals surface area contributed by atoms with Crippen molar-refractivity contribution in [2.45, 2.75) is 45.4 Å². The van der Waals surface area contributed by atoms with E-state index in [0.29, 0.717) is 6.42 Å². The summed E-state index contributed by atoms with van der Waals surface area (Å²) in [6, 6.07) is 9.94. The second-order valence-electron chi connectivity index (χ2n) is 5.15. The number of carbonyl (C=O) groups is 1. The van der Waals surface area contributed by atoms with Crippen molar-refractivity contribution >= 4 is 6.29 Å². The van der Waals surface area contributed by atoms with Crippen molar-refractivity contribution in [1.82, 2.24) is 0 Å². The van der Waals surface area contributed by atoms with Crippen molar-refractivity contribution in [2.24, 2.45) is 0 Å². The summed E-state index contributed by atoms with van der Waals surface area (Å²) in [7, 11) is 0. The first-order valence-electron chi connectivity index (χ1n) is 7.70. The predicted molar refractivity (Wildman–Crippen MR) is 90.0 cm³/mol. The average molecular weight is 298 g/mol. The summed E-state index contributed by atoms with van der Waals surface area (Å²) >= 11 is 0. The molecule has 1 rings (SSSR count). The molecule has 0 aliphatic heterocycles. The quantitative estimate of drug-likeness (QED) is 0.273. The first kappa shape index (κ1) is 17.9. The molecular weight excluding hydrogens is 275 g/mol. The lowest BCUT2D eigenvalue weighted by atomic mass is 10.1. The summed E-state index contributed by atoms with van der Waals surface area (Å²) in [6.07, 6.45) is 8.25. The lowest BCUT2D eigenvalue weighted by Gasteiger charge is -1.98. The van der Waals surface area contributed by atoms with Gasteiger partial charge in [-0.1, -0.05) is 47.8 Å². The van der Waals surface area contributed by atoms with Gasteiger partial charge < -0.3 is 4.79 Å². The fourth-order valence-corrected chi connectivity index (χ4v) is 1.93. The molecule has 22 heavy (non-hydrogen) atoms. The van der Waals surface area contributed by atoms with E-state index in [1.165, 1.54) is 5.57 Å². The Labute approximate surface area is 132 Å². The van der Waals surface area contributed by atoms with Gasteiger partial charge in [-0.2, -0.15) is 0 Å². The van der Waals surface area contributed by atoms with Gasteiger partial charge in [-0.15, -0.1) is 0 Å². The summed E-state index contributed by atoms with van der Waals surface area (Å²) in [5.74, 6) is 6.10. The molecule has 0 amide bonds. The molecule has 0 atom stereocenters. The van der Waals surface area contributed by atoms with Crippen LogP contribution in [0.1, 0.15) is 51.0 Å². The summed E-state index contributed by atoms with van der Waals surface area (Å²) in [5.41, 5.74) is 2.29. The van der Waals surface area contributed by atoms with E-state index in [0.717, 1.165) is 31.1 Å². The Bertz CT molecular complexity index is 558. The van der Waals surface area contributed by atoms with Crippen molar-refractivity contribution in [2.75, 3.05) is 0 Å². The van der Waals surface area contributed by atoms with E-state index in [2.05, 4.69) is 24.8 Å². The van der Waals surface area contributed by atoms with Gasteiger partial charge in [0.25, 0.3) is 0 Å². The monoisotopic (exact) mass is 298 g/mol. The second-order valence-corrected chi connectivity index (χ2v) is 5.15. The third-order valence-electron chi connectivity index (χ3n) is 3.17. The van der Waals surface area contributed by atoms with Crippen LogP contribution in [0.4, 0.5) is 4.39 Å². The topological polar surface area (TPSA) is 17.1 Å². The minimum Gasteiger partial charge on any atom is -0.303 e. The molecule has 0 saturated carbocycles. The molecule has 2 heteroatoms. The van der Waals surface area contributed by atoms with Crippen LogP contribution >= 0.6 is 0 Å². The maximum Gasteiger partial charge on any atom is 0.120 e. The third-order valence-corrected chi connectivity index (χ3v) is 3.17. The molecule has 0 aliphatic rings. The van der Waals surface area contributed by atoms with Crippen molar-refractivity contribution in [3.8, 4) is 11.8 Å². The van der Waals surface area contributed by atoms with E-state index in [9.17, 15) is 9.18 Å². The largest absolute Gasteiger partial charge is 0.303 e. The first-order chi connectivity index (χ1) is 10.7. The average Bonchev–Trinajstić information content (AvgIpc) is 2.53. The van der Waals surface area contributed by atoms with Crippen molar-refractivity contribution in [3.05, 3.63) is 59.4 Å². The SMILES string of the molecule is C/C(=C\CCC#Cc1ccccc1)CC/C=C(\F)CCC=O. The molecule has 1 aromatic carbocycles. The smallest absolute Gasteiger partial charge is 0.120 e. The molecule has 0 bridgehead atoms. The maximum atomic E-state index is 13.2. The standard InChI is InChI=1S/C20H23FO/c1-18(11-8-15-20(21)16-9-17-22)10-4-2-5-12-19-13-6-3-7-14-19/h3,6-7,10,13-15,17H,2,4,8-9,11,16H2,1H3/b18-10+,20-15-. The number of benzene rings is 1. The number of unbranched alkanes of at least 4 members (excludes halogenated alkanes) is 1. The fraction of sp³-hybridized carbons (Fsp3) is 0.350. The zero-order valence-electron chi connectivity index (χ0n) is 13.1. The highest BCUT2D eigenvalue weighted by molar-refractivity contribution is 5.49. The van der Waals surface area contributed by atoms with Crippen molar-refractivity contribution in [1.29, 1.82) is 0 Å². The Balaban J connectivity index is 2.23. The van der Waals surface area contributed by atoms with Gasteiger partial charge in [0.1, 0.15) is 6.29 Å². The Kier molecular flexibility index (Phi) is 9.37. The molecule has 0 saturated heterocycles. The van der Waals surface area contributed by atoms with Crippen LogP contribution in [0.5, 0.6) is 0 Å². The number of allylic oxidation sites excluding steroid dienone is 4. The van der Waals surface area contributed by atoms with Crippen LogP contribution in [0.25, 0.3) is 0 Å². The first-order valence-corrected chi connectivity index (χ1v) is 7.70. The molecule has 0 heterocycles. The highest BCUT2D eigenvalue weighted by Gasteiger charge is 1.94. The lowest BCUT2D eigenvalue weighted by Crippen LogP contribution is -1.81. The summed E-state index contributed by atoms with van der Waals surface area (Å²) in [6.45, 7) is 2.06. The predicted octanol–water partition coefficient (Wildman–Crippen LogP) is 5.38. The highest BCUT2D eigenvalue weighted by Crippen LogP contribution is 2.11. The molecule has 0 aliphatic carbocycles. The van der Waals surface area contributed by atoms with Crippen LogP contribution < -0.4 is 0 Å². The third kappa shape index (κ3) is 8.92. The van der Waals surface area contributed by atoms with E-state index in [-0.39, 0.29) is 18.7 Å². The molecular formula is C20H23FO. The van der Waals surface area contributed by atoms with Gasteiger partial charge in [0.2, 0.25) is 0 Å². The van der Waals surface area contributed by atoms with Crippen molar-refractivity contribution in [3.63, 3.8) is 0 Å². The zero-order valence-corrected chi connectivity index (χ0v) is 13.1. The summed E-state index contributed by atoms with van der Waals surface area (Å²) in [4.78, 5) is 10.1. The van der Waals surface area contributed by atoms with E-state index < -0.39 is 0 Å². The molecule has 0 spiro atoms.